The molecule has 0 bridgehead atoms. The maximum atomic E-state index is 13.2. The highest BCUT2D eigenvalue weighted by Crippen LogP contribution is 2.32. The minimum Gasteiger partial charge on any atom is -0.379 e. The van der Waals surface area contributed by atoms with Crippen LogP contribution < -0.4 is 4.90 Å². The zero-order valence-electron chi connectivity index (χ0n) is 12.4. The summed E-state index contributed by atoms with van der Waals surface area (Å²) in [5.41, 5.74) is -0.469. The van der Waals surface area contributed by atoms with Crippen LogP contribution >= 0.6 is 0 Å². The summed E-state index contributed by atoms with van der Waals surface area (Å²) < 4.78 is 44.8. The van der Waals surface area contributed by atoms with Crippen LogP contribution in [0.25, 0.3) is 11.4 Å². The molecule has 0 amide bonds. The molecule has 1 atom stereocenters. The summed E-state index contributed by atoms with van der Waals surface area (Å²) in [7, 11) is 1.72. The van der Waals surface area contributed by atoms with Crippen LogP contribution in [0.1, 0.15) is 12.1 Å². The van der Waals surface area contributed by atoms with Crippen LogP contribution in [0.5, 0.6) is 0 Å². The van der Waals surface area contributed by atoms with Gasteiger partial charge in [-0.05, 0) is 18.6 Å². The SMILES string of the molecule is CN(c1cc(C(F)(F)F)nc(-c2ccncc2)n1)C1CCOC1. The average Bonchev–Trinajstić information content (AvgIpc) is 3.08. The Morgan fingerprint density at radius 3 is 2.57 bits per heavy atom. The Balaban J connectivity index is 2.04. The van der Waals surface area contributed by atoms with Gasteiger partial charge in [-0.25, -0.2) is 9.97 Å². The van der Waals surface area contributed by atoms with Gasteiger partial charge in [-0.2, -0.15) is 13.2 Å². The normalized spacial score (nSPS) is 18.2. The van der Waals surface area contributed by atoms with E-state index in [1.54, 1.807) is 24.1 Å². The first kappa shape index (κ1) is 15.7. The van der Waals surface area contributed by atoms with Crippen molar-refractivity contribution in [3.8, 4) is 11.4 Å². The Kier molecular flexibility index (Phi) is 4.16. The van der Waals surface area contributed by atoms with Crippen molar-refractivity contribution in [3.63, 3.8) is 0 Å². The quantitative estimate of drug-likeness (QED) is 0.869. The van der Waals surface area contributed by atoms with Crippen molar-refractivity contribution in [2.45, 2.75) is 18.6 Å². The number of alkyl halides is 3. The predicted molar refractivity (Wildman–Crippen MR) is 77.9 cm³/mol. The van der Waals surface area contributed by atoms with Crippen LogP contribution in [-0.4, -0.2) is 41.3 Å². The molecule has 1 aliphatic rings. The van der Waals surface area contributed by atoms with Crippen molar-refractivity contribution >= 4 is 5.82 Å². The van der Waals surface area contributed by atoms with E-state index < -0.39 is 11.9 Å². The molecule has 3 rings (SSSR count). The molecule has 5 nitrogen and oxygen atoms in total. The van der Waals surface area contributed by atoms with Crippen molar-refractivity contribution < 1.29 is 17.9 Å². The van der Waals surface area contributed by atoms with E-state index in [4.69, 9.17) is 4.74 Å². The molecule has 122 valence electrons. The number of hydrogen-bond acceptors (Lipinski definition) is 5. The summed E-state index contributed by atoms with van der Waals surface area (Å²) in [6, 6.07) is 4.15. The summed E-state index contributed by atoms with van der Waals surface area (Å²) in [5.74, 6) is 0.262. The van der Waals surface area contributed by atoms with Gasteiger partial charge in [-0.3, -0.25) is 4.98 Å². The summed E-state index contributed by atoms with van der Waals surface area (Å²) >= 11 is 0. The number of aromatic nitrogens is 3. The third-order valence-electron chi connectivity index (χ3n) is 3.76. The molecule has 2 aromatic rings. The lowest BCUT2D eigenvalue weighted by molar-refractivity contribution is -0.141. The Bertz CT molecular complexity index is 672. The van der Waals surface area contributed by atoms with Gasteiger partial charge in [0.15, 0.2) is 11.5 Å². The number of nitrogens with zero attached hydrogens (tertiary/aromatic N) is 4. The van der Waals surface area contributed by atoms with Crippen LogP contribution in [-0.2, 0) is 10.9 Å². The van der Waals surface area contributed by atoms with Crippen LogP contribution in [0, 0.1) is 0 Å². The Labute approximate surface area is 131 Å². The van der Waals surface area contributed by atoms with Gasteiger partial charge >= 0.3 is 6.18 Å². The zero-order valence-corrected chi connectivity index (χ0v) is 12.4. The molecule has 1 saturated heterocycles. The monoisotopic (exact) mass is 324 g/mol. The summed E-state index contributed by atoms with van der Waals surface area (Å²) in [4.78, 5) is 13.5. The predicted octanol–water partition coefficient (Wildman–Crippen LogP) is 2.78. The van der Waals surface area contributed by atoms with Gasteiger partial charge in [-0.1, -0.05) is 0 Å². The molecule has 0 spiro atoms. The van der Waals surface area contributed by atoms with E-state index in [0.717, 1.165) is 12.5 Å². The van der Waals surface area contributed by atoms with Crippen molar-refractivity contribution in [1.29, 1.82) is 0 Å². The second kappa shape index (κ2) is 6.11. The lowest BCUT2D eigenvalue weighted by atomic mass is 10.2. The molecule has 1 unspecified atom stereocenters. The third-order valence-corrected chi connectivity index (χ3v) is 3.76. The number of ether oxygens (including phenoxy) is 1. The molecule has 0 saturated carbocycles. The van der Waals surface area contributed by atoms with E-state index in [2.05, 4.69) is 15.0 Å². The molecule has 8 heteroatoms. The minimum atomic E-state index is -4.54. The molecule has 0 aromatic carbocycles. The fourth-order valence-electron chi connectivity index (χ4n) is 2.41. The second-order valence-electron chi connectivity index (χ2n) is 5.30. The summed E-state index contributed by atoms with van der Waals surface area (Å²) in [6.07, 6.45) is -0.792. The van der Waals surface area contributed by atoms with Crippen molar-refractivity contribution in [1.82, 2.24) is 15.0 Å². The van der Waals surface area contributed by atoms with Crippen LogP contribution in [0.3, 0.4) is 0 Å². The first-order valence-corrected chi connectivity index (χ1v) is 7.12. The number of rotatable bonds is 3. The molecular weight excluding hydrogens is 309 g/mol. The van der Waals surface area contributed by atoms with Gasteiger partial charge in [0.05, 0.1) is 12.6 Å². The van der Waals surface area contributed by atoms with Crippen LogP contribution in [0.15, 0.2) is 30.6 Å². The minimum absolute atomic E-state index is 0.0104. The average molecular weight is 324 g/mol. The van der Waals surface area contributed by atoms with Gasteiger partial charge in [0, 0.05) is 37.7 Å². The number of likely N-dealkylation sites (N-methyl/N-ethyl adjacent to an activating group) is 1. The zero-order chi connectivity index (χ0) is 16.4. The highest BCUT2D eigenvalue weighted by Gasteiger charge is 2.35. The molecule has 0 N–H and O–H groups in total. The Morgan fingerprint density at radius 2 is 1.96 bits per heavy atom. The lowest BCUT2D eigenvalue weighted by Gasteiger charge is -2.25. The Hall–Kier alpha value is -2.22. The van der Waals surface area contributed by atoms with Crippen molar-refractivity contribution in [2.75, 3.05) is 25.2 Å². The van der Waals surface area contributed by atoms with Gasteiger partial charge in [0.2, 0.25) is 0 Å². The van der Waals surface area contributed by atoms with E-state index >= 15 is 0 Å². The molecule has 2 aromatic heterocycles. The molecule has 0 aliphatic carbocycles. The number of hydrogen-bond donors (Lipinski definition) is 0. The molecular formula is C15H15F3N4O. The Morgan fingerprint density at radius 1 is 1.22 bits per heavy atom. The van der Waals surface area contributed by atoms with Gasteiger partial charge < -0.3 is 9.64 Å². The smallest absolute Gasteiger partial charge is 0.379 e. The largest absolute Gasteiger partial charge is 0.433 e. The van der Waals surface area contributed by atoms with E-state index in [9.17, 15) is 13.2 Å². The lowest BCUT2D eigenvalue weighted by Crippen LogP contribution is -2.33. The van der Waals surface area contributed by atoms with Crippen LogP contribution in [0.4, 0.5) is 19.0 Å². The summed E-state index contributed by atoms with van der Waals surface area (Å²) in [6.45, 7) is 1.08. The fraction of sp³-hybridized carbons (Fsp3) is 0.400. The van der Waals surface area contributed by atoms with E-state index in [1.165, 1.54) is 12.4 Å². The van der Waals surface area contributed by atoms with E-state index in [0.29, 0.717) is 18.8 Å². The van der Waals surface area contributed by atoms with E-state index in [1.807, 2.05) is 0 Å². The topological polar surface area (TPSA) is 51.1 Å². The fourth-order valence-corrected chi connectivity index (χ4v) is 2.41. The standard InChI is InChI=1S/C15H15F3N4O/c1-22(11-4-7-23-9-11)13-8-12(15(16,17)18)20-14(21-13)10-2-5-19-6-3-10/h2-3,5-6,8,11H,4,7,9H2,1H3. The van der Waals surface area contributed by atoms with Crippen LogP contribution in [0.2, 0.25) is 0 Å². The molecule has 1 aliphatic heterocycles. The molecule has 23 heavy (non-hydrogen) atoms. The highest BCUT2D eigenvalue weighted by atomic mass is 19.4. The third kappa shape index (κ3) is 3.42. The summed E-state index contributed by atoms with van der Waals surface area (Å²) in [5, 5.41) is 0. The number of anilines is 1. The maximum Gasteiger partial charge on any atom is 0.433 e. The first-order valence-electron chi connectivity index (χ1n) is 7.12. The molecule has 3 heterocycles. The van der Waals surface area contributed by atoms with Gasteiger partial charge in [0.1, 0.15) is 5.82 Å². The van der Waals surface area contributed by atoms with E-state index in [-0.39, 0.29) is 17.7 Å². The first-order chi connectivity index (χ1) is 10.9. The van der Waals surface area contributed by atoms with Gasteiger partial charge in [-0.15, -0.1) is 0 Å². The number of halogens is 3. The molecule has 1 fully saturated rings. The maximum absolute atomic E-state index is 13.2. The second-order valence-corrected chi connectivity index (χ2v) is 5.30. The van der Waals surface area contributed by atoms with Crippen molar-refractivity contribution in [3.05, 3.63) is 36.3 Å². The number of pyridine rings is 1. The van der Waals surface area contributed by atoms with Crippen molar-refractivity contribution in [2.24, 2.45) is 0 Å². The molecule has 0 radical (unpaired) electrons. The highest BCUT2D eigenvalue weighted by molar-refractivity contribution is 5.57. The van der Waals surface area contributed by atoms with Gasteiger partial charge in [0.25, 0.3) is 0 Å².